The molecular weight excluding hydrogens is 206 g/mol. The minimum atomic E-state index is -0.383. The molecule has 2 rings (SSSR count). The maximum Gasteiger partial charge on any atom is 0.229 e. The zero-order chi connectivity index (χ0) is 10.9. The second kappa shape index (κ2) is 3.97. The molecule has 1 heterocycles. The van der Waals surface area contributed by atoms with Crippen molar-refractivity contribution in [2.45, 2.75) is 38.0 Å². The maximum atomic E-state index is 11.8. The molecule has 3 heteroatoms. The zero-order valence-corrected chi connectivity index (χ0v) is 9.85. The molecule has 1 amide bonds. The number of nitrogens with two attached hydrogens (primary N) is 1. The average Bonchev–Trinajstić information content (AvgIpc) is 2.71. The fourth-order valence-corrected chi connectivity index (χ4v) is 3.81. The van der Waals surface area contributed by atoms with Crippen LogP contribution in [-0.2, 0) is 10.2 Å². The van der Waals surface area contributed by atoms with Gasteiger partial charge in [-0.2, -0.15) is 0 Å². The van der Waals surface area contributed by atoms with Crippen LogP contribution in [0.2, 0.25) is 0 Å². The number of primary amides is 1. The summed E-state index contributed by atoms with van der Waals surface area (Å²) in [6, 6.07) is 4.06. The van der Waals surface area contributed by atoms with Gasteiger partial charge in [0.05, 0.1) is 5.41 Å². The average molecular weight is 223 g/mol. The Hall–Kier alpha value is -0.830. The number of rotatable bonds is 2. The van der Waals surface area contributed by atoms with E-state index in [0.29, 0.717) is 5.92 Å². The molecule has 2 N–H and O–H groups in total. The number of hydrogen-bond acceptors (Lipinski definition) is 2. The zero-order valence-electron chi connectivity index (χ0n) is 9.03. The Morgan fingerprint density at radius 1 is 1.60 bits per heavy atom. The molecule has 1 aromatic rings. The number of hydrogen-bond donors (Lipinski definition) is 1. The van der Waals surface area contributed by atoms with E-state index < -0.39 is 0 Å². The van der Waals surface area contributed by atoms with Gasteiger partial charge in [-0.05, 0) is 30.2 Å². The molecule has 1 aromatic heterocycles. The molecule has 15 heavy (non-hydrogen) atoms. The standard InChI is InChI=1S/C12H17NOS/c1-9-5-2-3-7-12(9,11(13)14)10-6-4-8-15-10/h4,6,8-9H,2-3,5,7H2,1H3,(H2,13,14). The molecule has 1 saturated carbocycles. The predicted octanol–water partition coefficient (Wildman–Crippen LogP) is 2.68. The summed E-state index contributed by atoms with van der Waals surface area (Å²) in [6.45, 7) is 2.16. The topological polar surface area (TPSA) is 43.1 Å². The van der Waals surface area contributed by atoms with Gasteiger partial charge in [0.25, 0.3) is 0 Å². The fraction of sp³-hybridized carbons (Fsp3) is 0.583. The Morgan fingerprint density at radius 2 is 2.40 bits per heavy atom. The highest BCUT2D eigenvalue weighted by Crippen LogP contribution is 2.45. The lowest BCUT2D eigenvalue weighted by atomic mass is 9.65. The van der Waals surface area contributed by atoms with E-state index in [-0.39, 0.29) is 11.3 Å². The first-order chi connectivity index (χ1) is 7.18. The summed E-state index contributed by atoms with van der Waals surface area (Å²) in [7, 11) is 0. The first-order valence-corrected chi connectivity index (χ1v) is 6.40. The maximum absolute atomic E-state index is 11.8. The Morgan fingerprint density at radius 3 is 2.93 bits per heavy atom. The molecule has 2 unspecified atom stereocenters. The van der Waals surface area contributed by atoms with Crippen LogP contribution in [0.3, 0.4) is 0 Å². The smallest absolute Gasteiger partial charge is 0.229 e. The van der Waals surface area contributed by atoms with Crippen molar-refractivity contribution in [1.29, 1.82) is 0 Å². The Labute approximate surface area is 94.5 Å². The van der Waals surface area contributed by atoms with Crippen molar-refractivity contribution >= 4 is 17.2 Å². The van der Waals surface area contributed by atoms with Crippen LogP contribution in [0.25, 0.3) is 0 Å². The summed E-state index contributed by atoms with van der Waals surface area (Å²) in [6.07, 6.45) is 4.37. The molecule has 82 valence electrons. The third-order valence-electron chi connectivity index (χ3n) is 3.70. The molecule has 0 spiro atoms. The van der Waals surface area contributed by atoms with Crippen LogP contribution in [0.15, 0.2) is 17.5 Å². The van der Waals surface area contributed by atoms with Crippen LogP contribution in [0.4, 0.5) is 0 Å². The number of thiophene rings is 1. The normalized spacial score (nSPS) is 31.4. The van der Waals surface area contributed by atoms with Crippen molar-refractivity contribution in [3.05, 3.63) is 22.4 Å². The third-order valence-corrected chi connectivity index (χ3v) is 4.75. The fourth-order valence-electron chi connectivity index (χ4n) is 2.73. The third kappa shape index (κ3) is 1.59. The lowest BCUT2D eigenvalue weighted by Gasteiger charge is -2.39. The molecule has 0 aromatic carbocycles. The lowest BCUT2D eigenvalue weighted by Crippen LogP contribution is -2.47. The molecule has 2 atom stereocenters. The Kier molecular flexibility index (Phi) is 2.83. The van der Waals surface area contributed by atoms with Gasteiger partial charge in [-0.25, -0.2) is 0 Å². The minimum Gasteiger partial charge on any atom is -0.369 e. The van der Waals surface area contributed by atoms with Gasteiger partial charge in [0.15, 0.2) is 0 Å². The van der Waals surface area contributed by atoms with E-state index in [1.165, 1.54) is 6.42 Å². The highest BCUT2D eigenvalue weighted by molar-refractivity contribution is 7.10. The molecular formula is C12H17NOS. The molecule has 1 aliphatic carbocycles. The van der Waals surface area contributed by atoms with Crippen molar-refractivity contribution in [2.24, 2.45) is 11.7 Å². The predicted molar refractivity (Wildman–Crippen MR) is 62.8 cm³/mol. The van der Waals surface area contributed by atoms with Gasteiger partial charge >= 0.3 is 0 Å². The Bertz CT molecular complexity index is 347. The summed E-state index contributed by atoms with van der Waals surface area (Å²) < 4.78 is 0. The van der Waals surface area contributed by atoms with Crippen molar-refractivity contribution in [1.82, 2.24) is 0 Å². The molecule has 1 fully saturated rings. The molecule has 0 radical (unpaired) electrons. The summed E-state index contributed by atoms with van der Waals surface area (Å²) in [5.41, 5.74) is 5.27. The van der Waals surface area contributed by atoms with Crippen LogP contribution in [0.5, 0.6) is 0 Å². The van der Waals surface area contributed by atoms with E-state index in [1.54, 1.807) is 11.3 Å². The highest BCUT2D eigenvalue weighted by Gasteiger charge is 2.45. The van der Waals surface area contributed by atoms with Crippen molar-refractivity contribution in [3.8, 4) is 0 Å². The van der Waals surface area contributed by atoms with E-state index in [4.69, 9.17) is 5.73 Å². The van der Waals surface area contributed by atoms with E-state index in [0.717, 1.165) is 24.1 Å². The lowest BCUT2D eigenvalue weighted by molar-refractivity contribution is -0.126. The van der Waals surface area contributed by atoms with Crippen LogP contribution >= 0.6 is 11.3 Å². The summed E-state index contributed by atoms with van der Waals surface area (Å²) >= 11 is 1.66. The van der Waals surface area contributed by atoms with Gasteiger partial charge in [0, 0.05) is 4.88 Å². The quantitative estimate of drug-likeness (QED) is 0.823. The molecule has 1 aliphatic rings. The highest BCUT2D eigenvalue weighted by atomic mass is 32.1. The summed E-state index contributed by atoms with van der Waals surface area (Å²) in [5, 5.41) is 2.03. The van der Waals surface area contributed by atoms with Gasteiger partial charge in [-0.1, -0.05) is 25.8 Å². The van der Waals surface area contributed by atoms with Gasteiger partial charge in [-0.3, -0.25) is 4.79 Å². The van der Waals surface area contributed by atoms with Crippen LogP contribution < -0.4 is 5.73 Å². The first kappa shape index (κ1) is 10.7. The molecule has 2 nitrogen and oxygen atoms in total. The monoisotopic (exact) mass is 223 g/mol. The van der Waals surface area contributed by atoms with Crippen molar-refractivity contribution in [3.63, 3.8) is 0 Å². The van der Waals surface area contributed by atoms with Crippen LogP contribution in [0, 0.1) is 5.92 Å². The minimum absolute atomic E-state index is 0.142. The summed E-state index contributed by atoms with van der Waals surface area (Å²) in [5.74, 6) is 0.236. The van der Waals surface area contributed by atoms with Crippen LogP contribution in [0.1, 0.15) is 37.5 Å². The van der Waals surface area contributed by atoms with E-state index in [9.17, 15) is 4.79 Å². The van der Waals surface area contributed by atoms with Gasteiger partial charge in [-0.15, -0.1) is 11.3 Å². The molecule has 0 aliphatic heterocycles. The van der Waals surface area contributed by atoms with Crippen molar-refractivity contribution in [2.75, 3.05) is 0 Å². The van der Waals surface area contributed by atoms with Gasteiger partial charge in [0.1, 0.15) is 0 Å². The second-order valence-electron chi connectivity index (χ2n) is 4.46. The number of carbonyl (C=O) groups excluding carboxylic acids is 1. The number of carbonyl (C=O) groups is 1. The Balaban J connectivity index is 2.43. The van der Waals surface area contributed by atoms with Crippen molar-refractivity contribution < 1.29 is 4.79 Å². The first-order valence-electron chi connectivity index (χ1n) is 5.52. The second-order valence-corrected chi connectivity index (χ2v) is 5.41. The molecule has 0 bridgehead atoms. The number of amides is 1. The largest absolute Gasteiger partial charge is 0.369 e. The summed E-state index contributed by atoms with van der Waals surface area (Å²) in [4.78, 5) is 13.0. The van der Waals surface area contributed by atoms with Gasteiger partial charge in [0.2, 0.25) is 5.91 Å². The van der Waals surface area contributed by atoms with Crippen LogP contribution in [-0.4, -0.2) is 5.91 Å². The van der Waals surface area contributed by atoms with Gasteiger partial charge < -0.3 is 5.73 Å². The molecule has 0 saturated heterocycles. The van der Waals surface area contributed by atoms with E-state index in [2.05, 4.69) is 13.0 Å². The van der Waals surface area contributed by atoms with E-state index >= 15 is 0 Å². The van der Waals surface area contributed by atoms with E-state index in [1.807, 2.05) is 11.4 Å². The SMILES string of the molecule is CC1CCCCC1(C(N)=O)c1cccs1.